The third kappa shape index (κ3) is 6.35. The van der Waals surface area contributed by atoms with E-state index in [4.69, 9.17) is 9.84 Å². The lowest BCUT2D eigenvalue weighted by molar-refractivity contribution is -0.140. The van der Waals surface area contributed by atoms with E-state index < -0.39 is 17.9 Å². The van der Waals surface area contributed by atoms with Crippen LogP contribution in [0.25, 0.3) is 0 Å². The predicted molar refractivity (Wildman–Crippen MR) is 78.2 cm³/mol. The second-order valence-electron chi connectivity index (χ2n) is 5.80. The van der Waals surface area contributed by atoms with E-state index in [0.29, 0.717) is 5.56 Å². The van der Waals surface area contributed by atoms with Crippen molar-refractivity contribution >= 4 is 11.9 Å². The van der Waals surface area contributed by atoms with Crippen LogP contribution in [0.15, 0.2) is 18.3 Å². The van der Waals surface area contributed by atoms with Gasteiger partial charge in [0.05, 0.1) is 11.2 Å². The van der Waals surface area contributed by atoms with Gasteiger partial charge in [-0.15, -0.1) is 0 Å². The van der Waals surface area contributed by atoms with Gasteiger partial charge in [-0.1, -0.05) is 0 Å². The molecule has 1 heterocycles. The number of hydrogen-bond donors (Lipinski definition) is 2. The fourth-order valence-corrected chi connectivity index (χ4v) is 1.58. The standard InChI is InChI=1S/C15H22N2O4/c1-10-5-6-11(9-16-10)13(18)17-12(14(19)20)7-8-21-15(2,3)4/h5-6,9,12H,7-8H2,1-4H3,(H,17,18)(H,19,20). The average molecular weight is 294 g/mol. The molecule has 0 bridgehead atoms. The molecule has 6 nitrogen and oxygen atoms in total. The number of aryl methyl sites for hydroxylation is 1. The van der Waals surface area contributed by atoms with E-state index in [-0.39, 0.29) is 18.6 Å². The summed E-state index contributed by atoms with van der Waals surface area (Å²) < 4.78 is 5.49. The van der Waals surface area contributed by atoms with Crippen molar-refractivity contribution < 1.29 is 19.4 Å². The number of nitrogens with zero attached hydrogens (tertiary/aromatic N) is 1. The van der Waals surface area contributed by atoms with Crippen molar-refractivity contribution in [1.29, 1.82) is 0 Å². The zero-order valence-electron chi connectivity index (χ0n) is 12.8. The minimum absolute atomic E-state index is 0.206. The van der Waals surface area contributed by atoms with Crippen molar-refractivity contribution in [3.63, 3.8) is 0 Å². The maximum absolute atomic E-state index is 12.0. The summed E-state index contributed by atoms with van der Waals surface area (Å²) in [4.78, 5) is 27.2. The number of ether oxygens (including phenoxy) is 1. The molecule has 1 unspecified atom stereocenters. The lowest BCUT2D eigenvalue weighted by atomic mass is 10.1. The maximum atomic E-state index is 12.0. The minimum atomic E-state index is -1.08. The number of carboxylic acid groups (broad SMARTS) is 1. The van der Waals surface area contributed by atoms with E-state index in [1.165, 1.54) is 6.20 Å². The molecule has 21 heavy (non-hydrogen) atoms. The molecule has 0 saturated carbocycles. The number of carboxylic acids is 1. The second-order valence-corrected chi connectivity index (χ2v) is 5.80. The summed E-state index contributed by atoms with van der Waals surface area (Å²) >= 11 is 0. The van der Waals surface area contributed by atoms with Gasteiger partial charge in [-0.3, -0.25) is 9.78 Å². The smallest absolute Gasteiger partial charge is 0.326 e. The van der Waals surface area contributed by atoms with E-state index in [0.717, 1.165) is 5.69 Å². The first-order valence-corrected chi connectivity index (χ1v) is 6.79. The first-order chi connectivity index (χ1) is 9.69. The molecule has 1 aromatic rings. The number of aromatic nitrogens is 1. The van der Waals surface area contributed by atoms with E-state index in [1.54, 1.807) is 12.1 Å². The van der Waals surface area contributed by atoms with Crippen LogP contribution in [0.4, 0.5) is 0 Å². The summed E-state index contributed by atoms with van der Waals surface area (Å²) in [7, 11) is 0. The normalized spacial score (nSPS) is 12.8. The van der Waals surface area contributed by atoms with Crippen LogP contribution in [-0.2, 0) is 9.53 Å². The van der Waals surface area contributed by atoms with Crippen molar-refractivity contribution in [2.24, 2.45) is 0 Å². The Morgan fingerprint density at radius 1 is 1.38 bits per heavy atom. The zero-order chi connectivity index (χ0) is 16.0. The molecular weight excluding hydrogens is 272 g/mol. The Balaban J connectivity index is 2.59. The molecule has 2 N–H and O–H groups in total. The summed E-state index contributed by atoms with van der Waals surface area (Å²) in [5.41, 5.74) is 0.789. The van der Waals surface area contributed by atoms with Crippen LogP contribution in [0.3, 0.4) is 0 Å². The Morgan fingerprint density at radius 2 is 2.05 bits per heavy atom. The van der Waals surface area contributed by atoms with Crippen LogP contribution >= 0.6 is 0 Å². The van der Waals surface area contributed by atoms with Crippen LogP contribution < -0.4 is 5.32 Å². The van der Waals surface area contributed by atoms with Crippen LogP contribution in [0.5, 0.6) is 0 Å². The molecule has 0 aliphatic carbocycles. The predicted octanol–water partition coefficient (Wildman–Crippen LogP) is 1.78. The molecular formula is C15H22N2O4. The molecule has 116 valence electrons. The highest BCUT2D eigenvalue weighted by Crippen LogP contribution is 2.08. The highest BCUT2D eigenvalue weighted by atomic mass is 16.5. The van der Waals surface area contributed by atoms with Gasteiger partial charge in [0.1, 0.15) is 6.04 Å². The number of amides is 1. The molecule has 0 aliphatic heterocycles. The van der Waals surface area contributed by atoms with Crippen molar-refractivity contribution in [3.05, 3.63) is 29.6 Å². The first kappa shape index (κ1) is 17.1. The van der Waals surface area contributed by atoms with Gasteiger partial charge in [0.25, 0.3) is 5.91 Å². The van der Waals surface area contributed by atoms with Crippen LogP contribution in [0, 0.1) is 6.92 Å². The van der Waals surface area contributed by atoms with Gasteiger partial charge in [-0.25, -0.2) is 4.79 Å². The fraction of sp³-hybridized carbons (Fsp3) is 0.533. The number of nitrogens with one attached hydrogen (secondary N) is 1. The zero-order valence-corrected chi connectivity index (χ0v) is 12.8. The number of carbonyl (C=O) groups is 2. The summed E-state index contributed by atoms with van der Waals surface area (Å²) in [6.45, 7) is 7.73. The number of aliphatic carboxylic acids is 1. The summed E-state index contributed by atoms with van der Waals surface area (Å²) in [5.74, 6) is -1.54. The average Bonchev–Trinajstić information content (AvgIpc) is 2.36. The third-order valence-corrected chi connectivity index (χ3v) is 2.72. The molecule has 0 aromatic carbocycles. The van der Waals surface area contributed by atoms with Crippen molar-refractivity contribution in [1.82, 2.24) is 10.3 Å². The molecule has 0 fully saturated rings. The fourth-order valence-electron chi connectivity index (χ4n) is 1.58. The van der Waals surface area contributed by atoms with Gasteiger partial charge in [-0.2, -0.15) is 0 Å². The minimum Gasteiger partial charge on any atom is -0.480 e. The Hall–Kier alpha value is -1.95. The molecule has 0 aliphatic rings. The second kappa shape index (κ2) is 7.17. The number of pyridine rings is 1. The van der Waals surface area contributed by atoms with Crippen molar-refractivity contribution in [2.75, 3.05) is 6.61 Å². The van der Waals surface area contributed by atoms with Gasteiger partial charge in [0.15, 0.2) is 0 Å². The Kier molecular flexibility index (Phi) is 5.84. The molecule has 0 radical (unpaired) electrons. The first-order valence-electron chi connectivity index (χ1n) is 6.79. The summed E-state index contributed by atoms with van der Waals surface area (Å²) in [6.07, 6.45) is 1.63. The van der Waals surface area contributed by atoms with E-state index >= 15 is 0 Å². The third-order valence-electron chi connectivity index (χ3n) is 2.72. The van der Waals surface area contributed by atoms with Gasteiger partial charge >= 0.3 is 5.97 Å². The van der Waals surface area contributed by atoms with Gasteiger partial charge in [0, 0.05) is 24.9 Å². The molecule has 0 saturated heterocycles. The Bertz CT molecular complexity index is 491. The Labute approximate surface area is 124 Å². The molecule has 1 atom stereocenters. The summed E-state index contributed by atoms with van der Waals surface area (Å²) in [6, 6.07) is 2.33. The van der Waals surface area contributed by atoms with Crippen LogP contribution in [0.1, 0.15) is 43.2 Å². The van der Waals surface area contributed by atoms with Gasteiger partial charge in [0.2, 0.25) is 0 Å². The monoisotopic (exact) mass is 294 g/mol. The van der Waals surface area contributed by atoms with E-state index in [9.17, 15) is 9.59 Å². The van der Waals surface area contributed by atoms with E-state index in [2.05, 4.69) is 10.3 Å². The Morgan fingerprint density at radius 3 is 2.52 bits per heavy atom. The molecule has 1 amide bonds. The highest BCUT2D eigenvalue weighted by Gasteiger charge is 2.21. The lowest BCUT2D eigenvalue weighted by Gasteiger charge is -2.21. The molecule has 1 rings (SSSR count). The number of carbonyl (C=O) groups excluding carboxylic acids is 1. The van der Waals surface area contributed by atoms with E-state index in [1.807, 2.05) is 27.7 Å². The maximum Gasteiger partial charge on any atom is 0.326 e. The van der Waals surface area contributed by atoms with Crippen LogP contribution in [0.2, 0.25) is 0 Å². The summed E-state index contributed by atoms with van der Waals surface area (Å²) in [5, 5.41) is 11.6. The SMILES string of the molecule is Cc1ccc(C(=O)NC(CCOC(C)(C)C)C(=O)O)cn1. The van der Waals surface area contributed by atoms with Gasteiger partial charge < -0.3 is 15.2 Å². The molecule has 0 spiro atoms. The topological polar surface area (TPSA) is 88.5 Å². The molecule has 1 aromatic heterocycles. The van der Waals surface area contributed by atoms with Gasteiger partial charge in [-0.05, 0) is 39.8 Å². The van der Waals surface area contributed by atoms with Crippen molar-refractivity contribution in [3.8, 4) is 0 Å². The largest absolute Gasteiger partial charge is 0.480 e. The highest BCUT2D eigenvalue weighted by molar-refractivity contribution is 5.96. The van der Waals surface area contributed by atoms with Crippen molar-refractivity contribution in [2.45, 2.75) is 45.8 Å². The quantitative estimate of drug-likeness (QED) is 0.835. The lowest BCUT2D eigenvalue weighted by Crippen LogP contribution is -2.42. The number of rotatable bonds is 6. The van der Waals surface area contributed by atoms with Crippen LogP contribution in [-0.4, -0.2) is 40.2 Å². The number of hydrogen-bond acceptors (Lipinski definition) is 4. The molecule has 6 heteroatoms.